The molecule has 4 heteroatoms. The fourth-order valence-corrected chi connectivity index (χ4v) is 0.516. The molecule has 0 fully saturated rings. The Balaban J connectivity index is 4.17. The predicted molar refractivity (Wildman–Crippen MR) is 35.6 cm³/mol. The van der Waals surface area contributed by atoms with Crippen LogP contribution in [0.25, 0.3) is 0 Å². The molecule has 0 rings (SSSR count). The van der Waals surface area contributed by atoms with E-state index in [0.717, 1.165) is 0 Å². The Morgan fingerprint density at radius 3 is 2.40 bits per heavy atom. The van der Waals surface area contributed by atoms with Crippen LogP contribution in [0.1, 0.15) is 20.3 Å². The maximum atomic E-state index is 10.8. The van der Waals surface area contributed by atoms with Crippen molar-refractivity contribution in [1.29, 1.82) is 0 Å². The first kappa shape index (κ1) is 9.39. The first-order chi connectivity index (χ1) is 4.60. The fourth-order valence-electron chi connectivity index (χ4n) is 0.516. The lowest BCUT2D eigenvalue weighted by Crippen LogP contribution is -2.44. The van der Waals surface area contributed by atoms with Crippen LogP contribution < -0.4 is 5.48 Å². The molecule has 0 saturated heterocycles. The fraction of sp³-hybridized carbons (Fsp3) is 0.833. The Morgan fingerprint density at radius 1 is 1.80 bits per heavy atom. The summed E-state index contributed by atoms with van der Waals surface area (Å²) in [5.41, 5.74) is 0.635. The van der Waals surface area contributed by atoms with Gasteiger partial charge < -0.3 is 4.74 Å². The lowest BCUT2D eigenvalue weighted by atomic mass is 10.0. The van der Waals surface area contributed by atoms with Gasteiger partial charge in [0, 0.05) is 7.11 Å². The minimum Gasteiger partial charge on any atom is -0.369 e. The minimum atomic E-state index is -0.908. The summed E-state index contributed by atoms with van der Waals surface area (Å²) in [7, 11) is 1.43. The van der Waals surface area contributed by atoms with Gasteiger partial charge in [0.1, 0.15) is 5.60 Å². The van der Waals surface area contributed by atoms with E-state index in [0.29, 0.717) is 6.42 Å². The predicted octanol–water partition coefficient (Wildman–Crippen LogP) is 0.307. The molecule has 0 aliphatic rings. The van der Waals surface area contributed by atoms with Gasteiger partial charge in [-0.05, 0) is 13.3 Å². The van der Waals surface area contributed by atoms with Crippen LogP contribution in [0.2, 0.25) is 0 Å². The number of hydroxylamine groups is 1. The lowest BCUT2D eigenvalue weighted by molar-refractivity contribution is -0.150. The molecule has 10 heavy (non-hydrogen) atoms. The summed E-state index contributed by atoms with van der Waals surface area (Å²) >= 11 is 0. The summed E-state index contributed by atoms with van der Waals surface area (Å²) in [5, 5.41) is 8.25. The summed E-state index contributed by atoms with van der Waals surface area (Å²) in [4.78, 5) is 10.8. The van der Waals surface area contributed by atoms with Gasteiger partial charge in [-0.15, -0.1) is 0 Å². The third-order valence-corrected chi connectivity index (χ3v) is 1.71. The van der Waals surface area contributed by atoms with E-state index in [2.05, 4.69) is 0 Å². The summed E-state index contributed by atoms with van der Waals surface area (Å²) in [6.45, 7) is 3.41. The molecule has 0 aromatic carbocycles. The number of nitrogens with one attached hydrogen (secondary N) is 1. The lowest BCUT2D eigenvalue weighted by Gasteiger charge is -2.23. The van der Waals surface area contributed by atoms with Crippen LogP contribution in [0.4, 0.5) is 0 Å². The van der Waals surface area contributed by atoms with Crippen molar-refractivity contribution in [1.82, 2.24) is 5.48 Å². The van der Waals surface area contributed by atoms with Crippen molar-refractivity contribution < 1.29 is 14.7 Å². The molecule has 60 valence electrons. The largest absolute Gasteiger partial charge is 0.369 e. The Hall–Kier alpha value is -0.610. The van der Waals surface area contributed by atoms with Crippen LogP contribution in [0.5, 0.6) is 0 Å². The highest BCUT2D eigenvalue weighted by molar-refractivity contribution is 5.83. The van der Waals surface area contributed by atoms with Crippen molar-refractivity contribution in [2.24, 2.45) is 0 Å². The molecule has 0 aliphatic carbocycles. The first-order valence-electron chi connectivity index (χ1n) is 3.10. The number of rotatable bonds is 3. The maximum Gasteiger partial charge on any atom is 0.275 e. The number of amides is 1. The molecule has 1 atom stereocenters. The van der Waals surface area contributed by atoms with Crippen LogP contribution in [-0.2, 0) is 9.53 Å². The highest BCUT2D eigenvalue weighted by Crippen LogP contribution is 2.12. The Bertz CT molecular complexity index is 120. The zero-order valence-electron chi connectivity index (χ0n) is 6.47. The van der Waals surface area contributed by atoms with Gasteiger partial charge in [-0.1, -0.05) is 6.92 Å². The van der Waals surface area contributed by atoms with Crippen LogP contribution in [0.3, 0.4) is 0 Å². The number of carbonyl (C=O) groups is 1. The first-order valence-corrected chi connectivity index (χ1v) is 3.10. The third-order valence-electron chi connectivity index (χ3n) is 1.71. The van der Waals surface area contributed by atoms with E-state index < -0.39 is 11.5 Å². The molecule has 2 N–H and O–H groups in total. The smallest absolute Gasteiger partial charge is 0.275 e. The molecule has 0 heterocycles. The molecule has 0 spiro atoms. The monoisotopic (exact) mass is 147 g/mol. The second-order valence-electron chi connectivity index (χ2n) is 2.23. The molecule has 0 aliphatic heterocycles. The zero-order valence-corrected chi connectivity index (χ0v) is 6.47. The van der Waals surface area contributed by atoms with Crippen molar-refractivity contribution in [2.75, 3.05) is 7.11 Å². The van der Waals surface area contributed by atoms with E-state index in [1.54, 1.807) is 19.3 Å². The minimum absolute atomic E-state index is 0.516. The summed E-state index contributed by atoms with van der Waals surface area (Å²) < 4.78 is 4.87. The number of hydrogen-bond acceptors (Lipinski definition) is 3. The molecule has 0 saturated carbocycles. The highest BCUT2D eigenvalue weighted by atomic mass is 16.5. The van der Waals surface area contributed by atoms with Gasteiger partial charge >= 0.3 is 0 Å². The van der Waals surface area contributed by atoms with Crippen molar-refractivity contribution in [3.63, 3.8) is 0 Å². The topological polar surface area (TPSA) is 58.6 Å². The second kappa shape index (κ2) is 3.53. The average molecular weight is 147 g/mol. The van der Waals surface area contributed by atoms with E-state index in [1.165, 1.54) is 7.11 Å². The van der Waals surface area contributed by atoms with E-state index >= 15 is 0 Å². The maximum absolute atomic E-state index is 10.8. The standard InChI is InChI=1S/C6H13NO3/c1-4-6(2,10-3)5(8)7-9/h9H,4H2,1-3H3,(H,7,8). The summed E-state index contributed by atoms with van der Waals surface area (Å²) in [5.74, 6) is -0.516. The highest BCUT2D eigenvalue weighted by Gasteiger charge is 2.30. The Kier molecular flexibility index (Phi) is 3.32. The molecule has 1 amide bonds. The number of hydrogen-bond donors (Lipinski definition) is 2. The van der Waals surface area contributed by atoms with Gasteiger partial charge in [0.15, 0.2) is 0 Å². The molecular formula is C6H13NO3. The zero-order chi connectivity index (χ0) is 8.20. The van der Waals surface area contributed by atoms with E-state index in [4.69, 9.17) is 9.94 Å². The Labute approximate surface area is 60.1 Å². The van der Waals surface area contributed by atoms with Gasteiger partial charge in [-0.3, -0.25) is 10.0 Å². The molecule has 1 unspecified atom stereocenters. The molecular weight excluding hydrogens is 134 g/mol. The van der Waals surface area contributed by atoms with Crippen molar-refractivity contribution in [2.45, 2.75) is 25.9 Å². The van der Waals surface area contributed by atoms with E-state index in [-0.39, 0.29) is 0 Å². The molecule has 0 aromatic rings. The van der Waals surface area contributed by atoms with Crippen LogP contribution in [0.15, 0.2) is 0 Å². The quantitative estimate of drug-likeness (QED) is 0.446. The third kappa shape index (κ3) is 1.68. The molecule has 4 nitrogen and oxygen atoms in total. The van der Waals surface area contributed by atoms with E-state index in [9.17, 15) is 4.79 Å². The summed E-state index contributed by atoms with van der Waals surface area (Å²) in [6.07, 6.45) is 0.524. The molecule has 0 radical (unpaired) electrons. The van der Waals surface area contributed by atoms with Gasteiger partial charge in [-0.2, -0.15) is 0 Å². The summed E-state index contributed by atoms with van der Waals surface area (Å²) in [6, 6.07) is 0. The van der Waals surface area contributed by atoms with E-state index in [1.807, 2.05) is 0 Å². The van der Waals surface area contributed by atoms with Crippen molar-refractivity contribution in [3.05, 3.63) is 0 Å². The van der Waals surface area contributed by atoms with Gasteiger partial charge in [0.05, 0.1) is 0 Å². The Morgan fingerprint density at radius 2 is 2.30 bits per heavy atom. The molecule has 0 bridgehead atoms. The van der Waals surface area contributed by atoms with Crippen LogP contribution >= 0.6 is 0 Å². The number of ether oxygens (including phenoxy) is 1. The van der Waals surface area contributed by atoms with Crippen molar-refractivity contribution in [3.8, 4) is 0 Å². The van der Waals surface area contributed by atoms with Gasteiger partial charge in [0.25, 0.3) is 5.91 Å². The SMILES string of the molecule is CCC(C)(OC)C(=O)NO. The van der Waals surface area contributed by atoms with Gasteiger partial charge in [-0.25, -0.2) is 5.48 Å². The second-order valence-corrected chi connectivity index (χ2v) is 2.23. The number of carbonyl (C=O) groups excluding carboxylic acids is 1. The normalized spacial score (nSPS) is 16.0. The average Bonchev–Trinajstić information content (AvgIpc) is 2.01. The number of methoxy groups -OCH3 is 1. The van der Waals surface area contributed by atoms with Gasteiger partial charge in [0.2, 0.25) is 0 Å². The molecule has 0 aromatic heterocycles. The van der Waals surface area contributed by atoms with Crippen LogP contribution in [0, 0.1) is 0 Å². The van der Waals surface area contributed by atoms with Crippen LogP contribution in [-0.4, -0.2) is 23.8 Å². The van der Waals surface area contributed by atoms with Crippen molar-refractivity contribution >= 4 is 5.91 Å².